The number of hydrogen-bond acceptors (Lipinski definition) is 3. The lowest BCUT2D eigenvalue weighted by molar-refractivity contribution is 0.304. The molecule has 4 atom stereocenters. The normalized spacial score (nSPS) is 28.9. The van der Waals surface area contributed by atoms with Gasteiger partial charge in [0.05, 0.1) is 11.2 Å². The molecule has 3 heteroatoms. The highest BCUT2D eigenvalue weighted by Gasteiger charge is 2.41. The lowest BCUT2D eigenvalue weighted by Crippen LogP contribution is -2.30. The number of fused-ring (bicyclic) bond motifs is 3. The molecule has 0 spiro atoms. The number of nitrogens with zero attached hydrogens (tertiary/aromatic N) is 1. The number of nitrogens with one attached hydrogen (secondary N) is 1. The van der Waals surface area contributed by atoms with Crippen molar-refractivity contribution in [1.82, 2.24) is 4.98 Å². The molecule has 0 amide bonds. The summed E-state index contributed by atoms with van der Waals surface area (Å²) in [5.41, 5.74) is 8.86. The fraction of sp³-hybridized carbons (Fsp3) is 0.500. The van der Waals surface area contributed by atoms with Crippen LogP contribution < -0.4 is 11.1 Å². The van der Waals surface area contributed by atoms with Crippen LogP contribution in [0.5, 0.6) is 0 Å². The average Bonchev–Trinajstić information content (AvgIpc) is 3.13. The van der Waals surface area contributed by atoms with E-state index in [1.165, 1.54) is 31.4 Å². The van der Waals surface area contributed by atoms with E-state index in [1.807, 2.05) is 18.3 Å². The third-order valence-electron chi connectivity index (χ3n) is 5.62. The molecule has 2 saturated carbocycles. The Labute approximate surface area is 125 Å². The van der Waals surface area contributed by atoms with Gasteiger partial charge in [-0.2, -0.15) is 0 Å². The van der Waals surface area contributed by atoms with Gasteiger partial charge >= 0.3 is 0 Å². The summed E-state index contributed by atoms with van der Waals surface area (Å²) in [6.45, 7) is 2.34. The van der Waals surface area contributed by atoms with Gasteiger partial charge in [0.1, 0.15) is 0 Å². The van der Waals surface area contributed by atoms with Crippen LogP contribution in [0.15, 0.2) is 30.5 Å². The molecular formula is C18H23N3. The van der Waals surface area contributed by atoms with Crippen molar-refractivity contribution in [3.05, 3.63) is 30.5 Å². The van der Waals surface area contributed by atoms with Crippen LogP contribution in [0.1, 0.15) is 32.6 Å². The molecule has 2 fully saturated rings. The van der Waals surface area contributed by atoms with Crippen LogP contribution in [0.25, 0.3) is 10.9 Å². The first-order chi connectivity index (χ1) is 10.2. The van der Waals surface area contributed by atoms with E-state index < -0.39 is 0 Å². The first-order valence-electron chi connectivity index (χ1n) is 8.12. The number of rotatable bonds is 3. The third-order valence-corrected chi connectivity index (χ3v) is 5.62. The van der Waals surface area contributed by atoms with Gasteiger partial charge in [0, 0.05) is 23.3 Å². The summed E-state index contributed by atoms with van der Waals surface area (Å²) >= 11 is 0. The minimum atomic E-state index is 0.521. The summed E-state index contributed by atoms with van der Waals surface area (Å²) in [5, 5.41) is 4.88. The number of hydrogen-bond donors (Lipinski definition) is 2. The topological polar surface area (TPSA) is 50.9 Å². The molecule has 4 rings (SSSR count). The summed E-state index contributed by atoms with van der Waals surface area (Å²) in [6, 6.07) is 8.67. The standard InChI is InChI=1S/C18H23N3/c1-11(15-10-12-4-5-13(15)9-12)21-17-7-6-16(19)18-14(17)3-2-8-20-18/h2-3,6-8,11-13,15,21H,4-5,9-10,19H2,1H3. The molecule has 110 valence electrons. The molecule has 0 aliphatic heterocycles. The Bertz CT molecular complexity index is 667. The smallest absolute Gasteiger partial charge is 0.0951 e. The Morgan fingerprint density at radius 3 is 2.90 bits per heavy atom. The first-order valence-corrected chi connectivity index (χ1v) is 8.12. The third kappa shape index (κ3) is 2.15. The van der Waals surface area contributed by atoms with Crippen LogP contribution in [0.3, 0.4) is 0 Å². The monoisotopic (exact) mass is 281 g/mol. The second-order valence-corrected chi connectivity index (χ2v) is 6.87. The molecule has 2 aromatic rings. The van der Waals surface area contributed by atoms with Gasteiger partial charge in [0.25, 0.3) is 0 Å². The Kier molecular flexibility index (Phi) is 3.02. The van der Waals surface area contributed by atoms with Gasteiger partial charge in [-0.05, 0) is 68.2 Å². The van der Waals surface area contributed by atoms with E-state index in [2.05, 4.69) is 29.4 Å². The van der Waals surface area contributed by atoms with E-state index in [1.54, 1.807) is 0 Å². The lowest BCUT2D eigenvalue weighted by atomic mass is 9.84. The molecule has 1 aromatic carbocycles. The summed E-state index contributed by atoms with van der Waals surface area (Å²) in [4.78, 5) is 4.42. The van der Waals surface area contributed by atoms with Crippen LogP contribution in [0.2, 0.25) is 0 Å². The van der Waals surface area contributed by atoms with Crippen LogP contribution in [0, 0.1) is 17.8 Å². The van der Waals surface area contributed by atoms with E-state index in [0.717, 1.165) is 34.3 Å². The molecule has 0 saturated heterocycles. The second-order valence-electron chi connectivity index (χ2n) is 6.87. The summed E-state index contributed by atoms with van der Waals surface area (Å²) in [6.07, 6.45) is 7.57. The predicted molar refractivity (Wildman–Crippen MR) is 88.2 cm³/mol. The van der Waals surface area contributed by atoms with Gasteiger partial charge in [-0.3, -0.25) is 4.98 Å². The van der Waals surface area contributed by atoms with Crippen molar-refractivity contribution in [2.24, 2.45) is 17.8 Å². The number of anilines is 2. The Morgan fingerprint density at radius 2 is 2.14 bits per heavy atom. The van der Waals surface area contributed by atoms with Crippen molar-refractivity contribution in [1.29, 1.82) is 0 Å². The van der Waals surface area contributed by atoms with E-state index in [0.29, 0.717) is 6.04 Å². The maximum absolute atomic E-state index is 6.04. The van der Waals surface area contributed by atoms with Crippen molar-refractivity contribution in [2.45, 2.75) is 38.6 Å². The summed E-state index contributed by atoms with van der Waals surface area (Å²) < 4.78 is 0. The Hall–Kier alpha value is -1.77. The van der Waals surface area contributed by atoms with Crippen molar-refractivity contribution < 1.29 is 0 Å². The van der Waals surface area contributed by atoms with Crippen LogP contribution >= 0.6 is 0 Å². The van der Waals surface area contributed by atoms with Gasteiger partial charge < -0.3 is 11.1 Å². The molecule has 0 radical (unpaired) electrons. The number of aromatic nitrogens is 1. The van der Waals surface area contributed by atoms with Gasteiger partial charge in [0.15, 0.2) is 0 Å². The van der Waals surface area contributed by atoms with Crippen molar-refractivity contribution >= 4 is 22.3 Å². The zero-order chi connectivity index (χ0) is 14.4. The number of pyridine rings is 1. The molecule has 4 unspecified atom stereocenters. The number of benzene rings is 1. The van der Waals surface area contributed by atoms with Gasteiger partial charge in [-0.15, -0.1) is 0 Å². The van der Waals surface area contributed by atoms with E-state index in [9.17, 15) is 0 Å². The minimum Gasteiger partial charge on any atom is -0.397 e. The van der Waals surface area contributed by atoms with Gasteiger partial charge in [-0.25, -0.2) is 0 Å². The zero-order valence-corrected chi connectivity index (χ0v) is 12.5. The molecule has 21 heavy (non-hydrogen) atoms. The minimum absolute atomic E-state index is 0.521. The molecule has 2 aliphatic carbocycles. The maximum Gasteiger partial charge on any atom is 0.0951 e. The molecule has 3 N–H and O–H groups in total. The second kappa shape index (κ2) is 4.90. The highest BCUT2D eigenvalue weighted by atomic mass is 14.9. The lowest BCUT2D eigenvalue weighted by Gasteiger charge is -2.29. The fourth-order valence-corrected chi connectivity index (χ4v) is 4.58. The Balaban J connectivity index is 1.61. The first kappa shape index (κ1) is 12.9. The van der Waals surface area contributed by atoms with Crippen LogP contribution in [-0.4, -0.2) is 11.0 Å². The Morgan fingerprint density at radius 1 is 1.24 bits per heavy atom. The van der Waals surface area contributed by atoms with Gasteiger partial charge in [-0.1, -0.05) is 6.42 Å². The largest absolute Gasteiger partial charge is 0.397 e. The molecule has 2 bridgehead atoms. The van der Waals surface area contributed by atoms with E-state index in [-0.39, 0.29) is 0 Å². The molecular weight excluding hydrogens is 258 g/mol. The molecule has 1 aromatic heterocycles. The van der Waals surface area contributed by atoms with Crippen molar-refractivity contribution in [2.75, 3.05) is 11.1 Å². The predicted octanol–water partition coefficient (Wildman–Crippen LogP) is 4.05. The summed E-state index contributed by atoms with van der Waals surface area (Å²) in [5.74, 6) is 2.76. The van der Waals surface area contributed by atoms with Crippen LogP contribution in [0.4, 0.5) is 11.4 Å². The zero-order valence-electron chi connectivity index (χ0n) is 12.5. The van der Waals surface area contributed by atoms with E-state index in [4.69, 9.17) is 5.73 Å². The number of nitrogens with two attached hydrogens (primary N) is 1. The highest BCUT2D eigenvalue weighted by Crippen LogP contribution is 2.50. The summed E-state index contributed by atoms with van der Waals surface area (Å²) in [7, 11) is 0. The van der Waals surface area contributed by atoms with Crippen molar-refractivity contribution in [3.8, 4) is 0 Å². The van der Waals surface area contributed by atoms with Gasteiger partial charge in [0.2, 0.25) is 0 Å². The maximum atomic E-state index is 6.04. The fourth-order valence-electron chi connectivity index (χ4n) is 4.58. The highest BCUT2D eigenvalue weighted by molar-refractivity contribution is 5.98. The average molecular weight is 281 g/mol. The SMILES string of the molecule is CC(Nc1ccc(N)c2ncccc12)C1CC2CCC1C2. The quantitative estimate of drug-likeness (QED) is 0.834. The number of nitrogen functional groups attached to an aromatic ring is 1. The molecule has 3 nitrogen and oxygen atoms in total. The molecule has 1 heterocycles. The molecule has 2 aliphatic rings. The van der Waals surface area contributed by atoms with E-state index >= 15 is 0 Å². The van der Waals surface area contributed by atoms with Crippen molar-refractivity contribution in [3.63, 3.8) is 0 Å². The van der Waals surface area contributed by atoms with Crippen LogP contribution in [-0.2, 0) is 0 Å².